The standard InChI is InChI=1S/C25H30N4O3/c30-25-24-23(26-18-27-25)22(17-29(24)20-5-2-1-3-6-20)19-7-9-21(10-8-19)32-14-4-11-28-12-15-31-16-13-28/h1-3,5-10,17,23-24,26H,4,11-16,18H2,(H,27,30). The second-order valence-corrected chi connectivity index (χ2v) is 8.35. The van der Waals surface area contributed by atoms with Crippen molar-refractivity contribution in [2.45, 2.75) is 18.5 Å². The fraction of sp³-hybridized carbons (Fsp3) is 0.400. The topological polar surface area (TPSA) is 66.1 Å². The van der Waals surface area contributed by atoms with Crippen LogP contribution in [0.25, 0.3) is 5.57 Å². The summed E-state index contributed by atoms with van der Waals surface area (Å²) < 4.78 is 11.4. The molecule has 32 heavy (non-hydrogen) atoms. The molecule has 3 aliphatic rings. The first-order chi connectivity index (χ1) is 15.8. The zero-order chi connectivity index (χ0) is 21.8. The molecule has 3 aliphatic heterocycles. The van der Waals surface area contributed by atoms with Gasteiger partial charge in [-0.2, -0.15) is 0 Å². The van der Waals surface area contributed by atoms with Gasteiger partial charge in [-0.25, -0.2) is 0 Å². The molecule has 2 atom stereocenters. The molecular formula is C25H30N4O3. The van der Waals surface area contributed by atoms with Crippen molar-refractivity contribution in [3.05, 3.63) is 66.4 Å². The van der Waals surface area contributed by atoms with Crippen LogP contribution in [-0.2, 0) is 9.53 Å². The van der Waals surface area contributed by atoms with Crippen molar-refractivity contribution in [1.29, 1.82) is 0 Å². The van der Waals surface area contributed by atoms with E-state index in [1.807, 2.05) is 42.5 Å². The summed E-state index contributed by atoms with van der Waals surface area (Å²) in [6, 6.07) is 17.9. The van der Waals surface area contributed by atoms with Gasteiger partial charge in [-0.15, -0.1) is 0 Å². The van der Waals surface area contributed by atoms with E-state index in [4.69, 9.17) is 9.47 Å². The quantitative estimate of drug-likeness (QED) is 0.651. The molecule has 5 rings (SSSR count). The summed E-state index contributed by atoms with van der Waals surface area (Å²) >= 11 is 0. The molecule has 7 heteroatoms. The first-order valence-corrected chi connectivity index (χ1v) is 11.4. The zero-order valence-electron chi connectivity index (χ0n) is 18.2. The third kappa shape index (κ3) is 4.50. The molecule has 0 saturated carbocycles. The van der Waals surface area contributed by atoms with Crippen molar-refractivity contribution in [1.82, 2.24) is 15.5 Å². The Morgan fingerprint density at radius 1 is 1.03 bits per heavy atom. The van der Waals surface area contributed by atoms with E-state index < -0.39 is 0 Å². The lowest BCUT2D eigenvalue weighted by molar-refractivity contribution is -0.123. The number of morpholine rings is 1. The van der Waals surface area contributed by atoms with Crippen LogP contribution < -0.4 is 20.3 Å². The van der Waals surface area contributed by atoms with Gasteiger partial charge >= 0.3 is 0 Å². The molecule has 2 aromatic carbocycles. The van der Waals surface area contributed by atoms with Crippen molar-refractivity contribution in [2.75, 3.05) is 51.0 Å². The maximum atomic E-state index is 12.7. The predicted octanol–water partition coefficient (Wildman–Crippen LogP) is 2.06. The van der Waals surface area contributed by atoms with E-state index in [2.05, 4.69) is 38.8 Å². The number of anilines is 1. The van der Waals surface area contributed by atoms with Crippen LogP contribution in [0.15, 0.2) is 60.8 Å². The van der Waals surface area contributed by atoms with Crippen molar-refractivity contribution in [2.24, 2.45) is 0 Å². The average molecular weight is 435 g/mol. The maximum absolute atomic E-state index is 12.7. The Hall–Kier alpha value is -2.87. The van der Waals surface area contributed by atoms with Gasteiger partial charge < -0.3 is 19.7 Å². The van der Waals surface area contributed by atoms with Crippen LogP contribution in [0.5, 0.6) is 5.75 Å². The Balaban J connectivity index is 1.25. The molecule has 0 aromatic heterocycles. The number of nitrogens with zero attached hydrogens (tertiary/aromatic N) is 2. The second-order valence-electron chi connectivity index (χ2n) is 8.35. The van der Waals surface area contributed by atoms with Gasteiger partial charge in [0.2, 0.25) is 5.91 Å². The number of hydrogen-bond acceptors (Lipinski definition) is 6. The highest BCUT2D eigenvalue weighted by Gasteiger charge is 2.43. The van der Waals surface area contributed by atoms with E-state index in [-0.39, 0.29) is 18.0 Å². The van der Waals surface area contributed by atoms with Gasteiger partial charge in [-0.05, 0) is 41.8 Å². The van der Waals surface area contributed by atoms with Crippen LogP contribution in [-0.4, -0.2) is 69.0 Å². The summed E-state index contributed by atoms with van der Waals surface area (Å²) in [7, 11) is 0. The molecule has 2 unspecified atom stereocenters. The Bertz CT molecular complexity index is 941. The van der Waals surface area contributed by atoms with Crippen LogP contribution in [0.1, 0.15) is 12.0 Å². The summed E-state index contributed by atoms with van der Waals surface area (Å²) in [4.78, 5) is 17.2. The molecule has 0 aliphatic carbocycles. The van der Waals surface area contributed by atoms with Gasteiger partial charge in [0.25, 0.3) is 0 Å². The molecule has 7 nitrogen and oxygen atoms in total. The van der Waals surface area contributed by atoms with Crippen LogP contribution in [0.3, 0.4) is 0 Å². The van der Waals surface area contributed by atoms with Crippen LogP contribution in [0.4, 0.5) is 5.69 Å². The van der Waals surface area contributed by atoms with Gasteiger partial charge in [0.1, 0.15) is 11.8 Å². The summed E-state index contributed by atoms with van der Waals surface area (Å²) in [5, 5.41) is 6.39. The number of ether oxygens (including phenoxy) is 2. The van der Waals surface area contributed by atoms with E-state index >= 15 is 0 Å². The number of amides is 1. The summed E-state index contributed by atoms with van der Waals surface area (Å²) in [6.07, 6.45) is 3.10. The number of fused-ring (bicyclic) bond motifs is 1. The third-order valence-corrected chi connectivity index (χ3v) is 6.31. The lowest BCUT2D eigenvalue weighted by Crippen LogP contribution is -2.61. The minimum atomic E-state index is -0.294. The molecule has 168 valence electrons. The maximum Gasteiger partial charge on any atom is 0.246 e. The highest BCUT2D eigenvalue weighted by Crippen LogP contribution is 2.35. The number of carbonyl (C=O) groups is 1. The van der Waals surface area contributed by atoms with Crippen molar-refractivity contribution < 1.29 is 14.3 Å². The third-order valence-electron chi connectivity index (χ3n) is 6.31. The smallest absolute Gasteiger partial charge is 0.246 e. The predicted molar refractivity (Wildman–Crippen MR) is 124 cm³/mol. The van der Waals surface area contributed by atoms with E-state index in [1.54, 1.807) is 0 Å². The van der Waals surface area contributed by atoms with Crippen LogP contribution in [0.2, 0.25) is 0 Å². The van der Waals surface area contributed by atoms with Crippen molar-refractivity contribution >= 4 is 17.2 Å². The zero-order valence-corrected chi connectivity index (χ0v) is 18.2. The lowest BCUT2D eigenvalue weighted by Gasteiger charge is -2.33. The first-order valence-electron chi connectivity index (χ1n) is 11.4. The molecule has 3 heterocycles. The Morgan fingerprint density at radius 3 is 2.59 bits per heavy atom. The fourth-order valence-corrected chi connectivity index (χ4v) is 4.63. The molecule has 0 spiro atoms. The largest absolute Gasteiger partial charge is 0.494 e. The minimum Gasteiger partial charge on any atom is -0.494 e. The molecule has 0 radical (unpaired) electrons. The molecule has 2 fully saturated rings. The number of carbonyl (C=O) groups excluding carboxylic acids is 1. The molecular weight excluding hydrogens is 404 g/mol. The SMILES string of the molecule is O=C1NCNC2C(c3ccc(OCCCN4CCOCC4)cc3)=CN(c3ccccc3)C12. The second kappa shape index (κ2) is 9.73. The number of para-hydroxylation sites is 1. The van der Waals surface area contributed by atoms with Crippen molar-refractivity contribution in [3.8, 4) is 5.75 Å². The summed E-state index contributed by atoms with van der Waals surface area (Å²) in [6.45, 7) is 5.91. The average Bonchev–Trinajstić information content (AvgIpc) is 3.25. The van der Waals surface area contributed by atoms with E-state index in [0.29, 0.717) is 13.3 Å². The summed E-state index contributed by atoms with van der Waals surface area (Å²) in [5.74, 6) is 0.921. The van der Waals surface area contributed by atoms with Crippen LogP contribution in [0, 0.1) is 0 Å². The first kappa shape index (κ1) is 21.0. The van der Waals surface area contributed by atoms with Gasteiger partial charge in [0.15, 0.2) is 0 Å². The van der Waals surface area contributed by atoms with Gasteiger partial charge in [-0.3, -0.25) is 15.0 Å². The van der Waals surface area contributed by atoms with Gasteiger partial charge in [0, 0.05) is 31.5 Å². The van der Waals surface area contributed by atoms with Crippen LogP contribution >= 0.6 is 0 Å². The van der Waals surface area contributed by atoms with E-state index in [9.17, 15) is 4.79 Å². The monoisotopic (exact) mass is 434 g/mol. The molecule has 2 aromatic rings. The Morgan fingerprint density at radius 2 is 1.81 bits per heavy atom. The molecule has 2 N–H and O–H groups in total. The Kier molecular flexibility index (Phi) is 6.39. The van der Waals surface area contributed by atoms with Gasteiger partial charge in [0.05, 0.1) is 32.5 Å². The lowest BCUT2D eigenvalue weighted by atomic mass is 9.95. The normalized spacial score (nSPS) is 23.4. The Labute approximate surface area is 189 Å². The molecule has 2 saturated heterocycles. The highest BCUT2D eigenvalue weighted by molar-refractivity contribution is 5.95. The highest BCUT2D eigenvalue weighted by atomic mass is 16.5. The number of benzene rings is 2. The fourth-order valence-electron chi connectivity index (χ4n) is 4.63. The van der Waals surface area contributed by atoms with Gasteiger partial charge in [-0.1, -0.05) is 30.3 Å². The summed E-state index contributed by atoms with van der Waals surface area (Å²) in [5.41, 5.74) is 3.23. The van der Waals surface area contributed by atoms with Crippen molar-refractivity contribution in [3.63, 3.8) is 0 Å². The van der Waals surface area contributed by atoms with E-state index in [1.165, 1.54) is 0 Å². The molecule has 0 bridgehead atoms. The number of nitrogens with one attached hydrogen (secondary N) is 2. The number of rotatable bonds is 7. The van der Waals surface area contributed by atoms with E-state index in [0.717, 1.165) is 61.8 Å². The minimum absolute atomic E-state index is 0.0454. The number of hydrogen-bond donors (Lipinski definition) is 2. The molecule has 1 amide bonds.